The van der Waals surface area contributed by atoms with Crippen LogP contribution in [0.4, 0.5) is 0 Å². The molecule has 17 nitrogen and oxygen atoms in total. The van der Waals surface area contributed by atoms with Crippen LogP contribution in [0.3, 0.4) is 0 Å². The van der Waals surface area contributed by atoms with Crippen LogP contribution in [-0.2, 0) is 65.4 Å². The van der Waals surface area contributed by atoms with Gasteiger partial charge in [-0.3, -0.25) is 37.3 Å². The van der Waals surface area contributed by atoms with E-state index >= 15 is 0 Å². The molecular weight excluding hydrogens is 1150 g/mol. The quantitative estimate of drug-likeness (QED) is 0.0222. The lowest BCUT2D eigenvalue weighted by atomic mass is 10.00. The first-order valence-electron chi connectivity index (χ1n) is 35.3. The highest BCUT2D eigenvalue weighted by Crippen LogP contribution is 2.45. The molecule has 0 aliphatic rings. The maximum Gasteiger partial charge on any atom is 0.472 e. The summed E-state index contributed by atoms with van der Waals surface area (Å²) in [6.07, 6.45) is 39.2. The number of phosphoric ester groups is 2. The molecule has 3 N–H and O–H groups in total. The van der Waals surface area contributed by atoms with Crippen molar-refractivity contribution in [2.24, 2.45) is 23.7 Å². The lowest BCUT2D eigenvalue weighted by Crippen LogP contribution is -2.30. The lowest BCUT2D eigenvalue weighted by molar-refractivity contribution is -0.161. The van der Waals surface area contributed by atoms with Crippen LogP contribution in [0.15, 0.2) is 0 Å². The summed E-state index contributed by atoms with van der Waals surface area (Å²) in [4.78, 5) is 72.4. The van der Waals surface area contributed by atoms with Crippen LogP contribution in [-0.4, -0.2) is 96.7 Å². The molecule has 0 aliphatic heterocycles. The standard InChI is InChI=1S/C68H132O17P2/c1-9-60(7)46-38-30-24-26-33-41-49-66(71)79-55-63(84-67(72)50-42-34-23-19-21-29-37-45-59(5)6)56-82-86(74,75)80-52-62(69)53-81-87(76,77)83-57-64(85-68(73)51-43-35-27-25-31-39-47-61(8)10-2)54-78-65(70)48-40-32-22-18-16-14-12-11-13-15-17-20-28-36-44-58(3)4/h58-64,69H,9-57H2,1-8H3,(H,74,75)(H,76,77)/t60?,61?,62-,63+,64+/m0/s1. The van der Waals surface area contributed by atoms with E-state index in [2.05, 4.69) is 55.4 Å². The van der Waals surface area contributed by atoms with Crippen LogP contribution in [0.1, 0.15) is 331 Å². The van der Waals surface area contributed by atoms with Gasteiger partial charge >= 0.3 is 39.5 Å². The first-order chi connectivity index (χ1) is 41.7. The second-order valence-corrected chi connectivity index (χ2v) is 28.9. The Kier molecular flexibility index (Phi) is 56.6. The highest BCUT2D eigenvalue weighted by Gasteiger charge is 2.30. The molecule has 4 unspecified atom stereocenters. The Labute approximate surface area is 530 Å². The van der Waals surface area contributed by atoms with Gasteiger partial charge in [0.1, 0.15) is 19.3 Å². The normalized spacial score (nSPS) is 15.0. The molecule has 0 radical (unpaired) electrons. The molecule has 0 aromatic carbocycles. The number of phosphoric acid groups is 2. The smallest absolute Gasteiger partial charge is 0.462 e. The van der Waals surface area contributed by atoms with Crippen LogP contribution in [0.5, 0.6) is 0 Å². The number of unbranched alkanes of at least 4 members (excludes halogenated alkanes) is 29. The fraction of sp³-hybridized carbons (Fsp3) is 0.941. The molecule has 0 aromatic rings. The summed E-state index contributed by atoms with van der Waals surface area (Å²) in [6, 6.07) is 0. The predicted molar refractivity (Wildman–Crippen MR) is 349 cm³/mol. The average molecular weight is 1280 g/mol. The molecule has 0 saturated carbocycles. The summed E-state index contributed by atoms with van der Waals surface area (Å²) in [5.41, 5.74) is 0. The fourth-order valence-electron chi connectivity index (χ4n) is 10.1. The Bertz CT molecular complexity index is 1730. The van der Waals surface area contributed by atoms with Crippen LogP contribution in [0, 0.1) is 23.7 Å². The van der Waals surface area contributed by atoms with Crippen LogP contribution in [0.25, 0.3) is 0 Å². The number of rotatable bonds is 65. The van der Waals surface area contributed by atoms with E-state index in [4.69, 9.17) is 37.0 Å². The maximum absolute atomic E-state index is 13.0. The molecule has 87 heavy (non-hydrogen) atoms. The molecule has 0 spiro atoms. The largest absolute Gasteiger partial charge is 0.472 e. The van der Waals surface area contributed by atoms with Gasteiger partial charge in [-0.2, -0.15) is 0 Å². The van der Waals surface area contributed by atoms with Crippen LogP contribution in [0.2, 0.25) is 0 Å². The first-order valence-corrected chi connectivity index (χ1v) is 38.3. The van der Waals surface area contributed by atoms with Crippen molar-refractivity contribution < 1.29 is 80.2 Å². The highest BCUT2D eigenvalue weighted by molar-refractivity contribution is 7.47. The number of esters is 4. The van der Waals surface area contributed by atoms with Crippen LogP contribution >= 0.6 is 15.6 Å². The van der Waals surface area contributed by atoms with E-state index in [9.17, 15) is 43.2 Å². The summed E-state index contributed by atoms with van der Waals surface area (Å²) in [6.45, 7) is 14.0. The SMILES string of the molecule is CCC(C)CCCCCCCCC(=O)OC[C@H](COP(=O)(O)OC[C@H](O)COP(=O)(O)OC[C@@H](COC(=O)CCCCCCCCCCCCCCCCC(C)C)OC(=O)CCCCCCCCC(C)CC)OC(=O)CCCCCCCCCC(C)C. The van der Waals surface area contributed by atoms with Gasteiger partial charge in [0, 0.05) is 25.7 Å². The summed E-state index contributed by atoms with van der Waals surface area (Å²) in [5.74, 6) is 0.808. The van der Waals surface area contributed by atoms with Gasteiger partial charge in [0.05, 0.1) is 26.4 Å². The van der Waals surface area contributed by atoms with Crippen molar-refractivity contribution in [3.05, 3.63) is 0 Å². The number of hydrogen-bond donors (Lipinski definition) is 3. The van der Waals surface area contributed by atoms with Crippen LogP contribution < -0.4 is 0 Å². The Morgan fingerprint density at radius 3 is 0.816 bits per heavy atom. The second-order valence-electron chi connectivity index (χ2n) is 26.0. The third-order valence-corrected chi connectivity index (χ3v) is 18.2. The number of aliphatic hydroxyl groups is 1. The van der Waals surface area contributed by atoms with E-state index in [1.54, 1.807) is 0 Å². The van der Waals surface area contributed by atoms with Crippen molar-refractivity contribution >= 4 is 39.5 Å². The number of ether oxygens (including phenoxy) is 4. The third kappa shape index (κ3) is 60.1. The van der Waals surface area contributed by atoms with Gasteiger partial charge < -0.3 is 33.8 Å². The van der Waals surface area contributed by atoms with E-state index in [1.807, 2.05) is 0 Å². The Morgan fingerprint density at radius 1 is 0.322 bits per heavy atom. The van der Waals surface area contributed by atoms with Gasteiger partial charge in [-0.15, -0.1) is 0 Å². The van der Waals surface area contributed by atoms with Crippen molar-refractivity contribution in [2.45, 2.75) is 350 Å². The minimum atomic E-state index is -4.95. The molecule has 0 aliphatic carbocycles. The number of carbonyl (C=O) groups excluding carboxylic acids is 4. The zero-order valence-electron chi connectivity index (χ0n) is 56.6. The van der Waals surface area contributed by atoms with Crippen molar-refractivity contribution in [1.29, 1.82) is 0 Å². The van der Waals surface area contributed by atoms with Gasteiger partial charge in [-0.05, 0) is 49.4 Å². The monoisotopic (exact) mass is 1280 g/mol. The van der Waals surface area contributed by atoms with Crippen molar-refractivity contribution in [3.8, 4) is 0 Å². The lowest BCUT2D eigenvalue weighted by Gasteiger charge is -2.21. The minimum absolute atomic E-state index is 0.102. The summed E-state index contributed by atoms with van der Waals surface area (Å²) >= 11 is 0. The molecule has 0 fully saturated rings. The Morgan fingerprint density at radius 2 is 0.552 bits per heavy atom. The highest BCUT2D eigenvalue weighted by atomic mass is 31.2. The van der Waals surface area contributed by atoms with Crippen molar-refractivity contribution in [1.82, 2.24) is 0 Å². The second kappa shape index (κ2) is 57.9. The summed E-state index contributed by atoms with van der Waals surface area (Å²) < 4.78 is 68.1. The topological polar surface area (TPSA) is 237 Å². The number of aliphatic hydroxyl groups excluding tert-OH is 1. The molecule has 7 atom stereocenters. The van der Waals surface area contributed by atoms with Gasteiger partial charge in [0.25, 0.3) is 0 Å². The first kappa shape index (κ1) is 85.1. The van der Waals surface area contributed by atoms with E-state index in [1.165, 1.54) is 128 Å². The third-order valence-electron chi connectivity index (χ3n) is 16.3. The van der Waals surface area contributed by atoms with Gasteiger partial charge in [0.15, 0.2) is 12.2 Å². The van der Waals surface area contributed by atoms with Crippen molar-refractivity contribution in [2.75, 3.05) is 39.6 Å². The maximum atomic E-state index is 13.0. The molecule has 19 heteroatoms. The molecular formula is C68H132O17P2. The average Bonchev–Trinajstić information content (AvgIpc) is 3.68. The molecule has 0 amide bonds. The summed E-state index contributed by atoms with van der Waals surface area (Å²) in [7, 11) is -9.90. The van der Waals surface area contributed by atoms with Gasteiger partial charge in [-0.25, -0.2) is 9.13 Å². The molecule has 0 aromatic heterocycles. The molecule has 0 rings (SSSR count). The van der Waals surface area contributed by atoms with E-state index < -0.39 is 97.5 Å². The van der Waals surface area contributed by atoms with E-state index in [0.717, 1.165) is 114 Å². The minimum Gasteiger partial charge on any atom is -0.462 e. The molecule has 0 heterocycles. The Hall–Kier alpha value is -1.94. The molecule has 0 saturated heterocycles. The molecule has 0 bridgehead atoms. The summed E-state index contributed by atoms with van der Waals surface area (Å²) in [5, 5.41) is 10.6. The zero-order chi connectivity index (χ0) is 64.7. The number of carbonyl (C=O) groups is 4. The Balaban J connectivity index is 5.20. The fourth-order valence-corrected chi connectivity index (χ4v) is 11.7. The zero-order valence-corrected chi connectivity index (χ0v) is 58.4. The van der Waals surface area contributed by atoms with Crippen molar-refractivity contribution in [3.63, 3.8) is 0 Å². The van der Waals surface area contributed by atoms with Gasteiger partial charge in [0.2, 0.25) is 0 Å². The predicted octanol–water partition coefficient (Wildman–Crippen LogP) is 18.9. The van der Waals surface area contributed by atoms with Gasteiger partial charge in [-0.1, -0.05) is 280 Å². The number of hydrogen-bond acceptors (Lipinski definition) is 15. The van der Waals surface area contributed by atoms with E-state index in [-0.39, 0.29) is 25.7 Å². The van der Waals surface area contributed by atoms with E-state index in [0.29, 0.717) is 31.6 Å². The molecule has 516 valence electrons.